The summed E-state index contributed by atoms with van der Waals surface area (Å²) in [5, 5.41) is 8.87. The number of likely N-dealkylation sites (tertiary alicyclic amines) is 1. The van der Waals surface area contributed by atoms with Crippen molar-refractivity contribution >= 4 is 29.2 Å². The van der Waals surface area contributed by atoms with Crippen molar-refractivity contribution in [3.8, 4) is 0 Å². The maximum absolute atomic E-state index is 14.2. The average Bonchev–Trinajstić information content (AvgIpc) is 3.44. The number of nitrogens with zero attached hydrogens (tertiary/aromatic N) is 5. The first-order chi connectivity index (χ1) is 16.3. The molecule has 178 valence electrons. The Bertz CT molecular complexity index is 1240. The number of allylic oxidation sites excluding steroid dienone is 2. The maximum atomic E-state index is 14.2. The molecule has 2 aromatic heterocycles. The predicted molar refractivity (Wildman–Crippen MR) is 129 cm³/mol. The molecule has 0 saturated carbocycles. The van der Waals surface area contributed by atoms with Crippen molar-refractivity contribution in [1.29, 1.82) is 0 Å². The molecular weight excluding hydrogens is 457 g/mol. The highest BCUT2D eigenvalue weighted by molar-refractivity contribution is 6.30. The molecule has 34 heavy (non-hydrogen) atoms. The molecule has 0 radical (unpaired) electrons. The van der Waals surface area contributed by atoms with Gasteiger partial charge in [0.1, 0.15) is 5.82 Å². The van der Waals surface area contributed by atoms with E-state index in [0.29, 0.717) is 37.6 Å². The molecule has 0 bridgehead atoms. The van der Waals surface area contributed by atoms with Crippen LogP contribution in [0.5, 0.6) is 0 Å². The normalized spacial score (nSPS) is 15.2. The topological polar surface area (TPSA) is 77.0 Å². The zero-order valence-corrected chi connectivity index (χ0v) is 20.2. The fourth-order valence-electron chi connectivity index (χ4n) is 4.09. The van der Waals surface area contributed by atoms with Crippen LogP contribution in [0, 0.1) is 12.7 Å². The third kappa shape index (κ3) is 4.82. The smallest absolute Gasteiger partial charge is 0.256 e. The minimum Gasteiger partial charge on any atom is -0.339 e. The van der Waals surface area contributed by atoms with E-state index in [4.69, 9.17) is 16.1 Å². The Morgan fingerprint density at radius 3 is 2.71 bits per heavy atom. The standard InChI is InChI=1S/C25H27ClFN5O2/c1-5-17(12-22-16(4)14-28-32(22)15(2)3)23-29-24(34-30-23)18-8-10-31(11-9-18)25(33)20-7-6-19(26)13-21(20)27/h5-7,12-15,18H,1,8-11H2,2-4H3/b17-12+. The number of amides is 1. The molecule has 1 aliphatic heterocycles. The Balaban J connectivity index is 1.46. The van der Waals surface area contributed by atoms with Crippen molar-refractivity contribution in [2.45, 2.75) is 45.6 Å². The summed E-state index contributed by atoms with van der Waals surface area (Å²) in [5.41, 5.74) is 2.79. The first-order valence-electron chi connectivity index (χ1n) is 11.2. The lowest BCUT2D eigenvalue weighted by molar-refractivity contribution is 0.0700. The molecule has 9 heteroatoms. The first-order valence-corrected chi connectivity index (χ1v) is 11.6. The summed E-state index contributed by atoms with van der Waals surface area (Å²) in [5.74, 6) is 0.0606. The number of benzene rings is 1. The van der Waals surface area contributed by atoms with Crippen molar-refractivity contribution in [3.63, 3.8) is 0 Å². The minimum atomic E-state index is -0.612. The third-order valence-electron chi connectivity index (χ3n) is 6.02. The van der Waals surface area contributed by atoms with Crippen molar-refractivity contribution < 1.29 is 13.7 Å². The van der Waals surface area contributed by atoms with E-state index in [2.05, 4.69) is 35.7 Å². The molecule has 0 aliphatic carbocycles. The van der Waals surface area contributed by atoms with Gasteiger partial charge in [0.25, 0.3) is 5.91 Å². The van der Waals surface area contributed by atoms with E-state index in [-0.39, 0.29) is 28.5 Å². The molecule has 3 aromatic rings. The van der Waals surface area contributed by atoms with E-state index < -0.39 is 5.82 Å². The van der Waals surface area contributed by atoms with Crippen LogP contribution in [0.25, 0.3) is 11.6 Å². The van der Waals surface area contributed by atoms with Crippen LogP contribution >= 0.6 is 11.6 Å². The quantitative estimate of drug-likeness (QED) is 0.420. The Morgan fingerprint density at radius 2 is 2.06 bits per heavy atom. The van der Waals surface area contributed by atoms with Crippen molar-refractivity contribution in [2.75, 3.05) is 13.1 Å². The van der Waals surface area contributed by atoms with E-state index in [1.54, 1.807) is 11.0 Å². The summed E-state index contributed by atoms with van der Waals surface area (Å²) in [6.07, 6.45) is 6.79. The summed E-state index contributed by atoms with van der Waals surface area (Å²) in [4.78, 5) is 19.0. The number of aryl methyl sites for hydroxylation is 1. The second kappa shape index (κ2) is 9.93. The fraction of sp³-hybridized carbons (Fsp3) is 0.360. The van der Waals surface area contributed by atoms with Gasteiger partial charge in [-0.15, -0.1) is 0 Å². The molecule has 0 unspecified atom stereocenters. The largest absolute Gasteiger partial charge is 0.339 e. The summed E-state index contributed by atoms with van der Waals surface area (Å²) >= 11 is 5.79. The Morgan fingerprint density at radius 1 is 1.32 bits per heavy atom. The van der Waals surface area contributed by atoms with Gasteiger partial charge in [0, 0.05) is 35.6 Å². The number of hydrogen-bond acceptors (Lipinski definition) is 5. The van der Waals surface area contributed by atoms with Gasteiger partial charge in [-0.2, -0.15) is 10.1 Å². The van der Waals surface area contributed by atoms with Crippen molar-refractivity contribution in [3.05, 3.63) is 76.4 Å². The van der Waals surface area contributed by atoms with Crippen LogP contribution in [0.15, 0.2) is 41.6 Å². The number of piperidine rings is 1. The lowest BCUT2D eigenvalue weighted by Crippen LogP contribution is -2.38. The predicted octanol–water partition coefficient (Wildman–Crippen LogP) is 5.69. The van der Waals surface area contributed by atoms with Gasteiger partial charge >= 0.3 is 0 Å². The maximum Gasteiger partial charge on any atom is 0.256 e. The minimum absolute atomic E-state index is 0.0226. The number of carbonyl (C=O) groups is 1. The molecule has 4 rings (SSSR count). The highest BCUT2D eigenvalue weighted by Crippen LogP contribution is 2.30. The SMILES string of the molecule is C=C/C(=C\c1c(C)cnn1C(C)C)c1noc(C2CCN(C(=O)c3ccc(Cl)cc3F)CC2)n1. The number of rotatable bonds is 6. The summed E-state index contributed by atoms with van der Waals surface area (Å²) < 4.78 is 21.7. The molecule has 1 aliphatic rings. The van der Waals surface area contributed by atoms with E-state index >= 15 is 0 Å². The molecule has 3 heterocycles. The molecule has 1 amide bonds. The number of carbonyl (C=O) groups excluding carboxylic acids is 1. The highest BCUT2D eigenvalue weighted by Gasteiger charge is 2.29. The second-order valence-electron chi connectivity index (χ2n) is 8.70. The van der Waals surface area contributed by atoms with E-state index in [1.807, 2.05) is 23.9 Å². The van der Waals surface area contributed by atoms with Crippen LogP contribution in [0.1, 0.15) is 72.0 Å². The zero-order valence-electron chi connectivity index (χ0n) is 19.5. The van der Waals surface area contributed by atoms with Crippen LogP contribution in [-0.4, -0.2) is 43.8 Å². The van der Waals surface area contributed by atoms with Crippen LogP contribution in [0.2, 0.25) is 5.02 Å². The average molecular weight is 484 g/mol. The first kappa shape index (κ1) is 23.9. The van der Waals surface area contributed by atoms with Gasteiger partial charge in [0.15, 0.2) is 0 Å². The van der Waals surface area contributed by atoms with E-state index in [9.17, 15) is 9.18 Å². The Kier molecular flexibility index (Phi) is 6.97. The molecule has 1 fully saturated rings. The zero-order chi connectivity index (χ0) is 24.4. The van der Waals surface area contributed by atoms with Crippen molar-refractivity contribution in [1.82, 2.24) is 24.8 Å². The summed E-state index contributed by atoms with van der Waals surface area (Å²) in [7, 11) is 0. The van der Waals surface area contributed by atoms with Gasteiger partial charge in [-0.05, 0) is 63.5 Å². The van der Waals surface area contributed by atoms with Crippen LogP contribution in [0.3, 0.4) is 0 Å². The van der Waals surface area contributed by atoms with Gasteiger partial charge < -0.3 is 9.42 Å². The molecule has 0 N–H and O–H groups in total. The van der Waals surface area contributed by atoms with Gasteiger partial charge in [-0.25, -0.2) is 4.39 Å². The molecule has 1 aromatic carbocycles. The Hall–Kier alpha value is -3.26. The highest BCUT2D eigenvalue weighted by atomic mass is 35.5. The van der Waals surface area contributed by atoms with Gasteiger partial charge in [0.2, 0.25) is 11.7 Å². The van der Waals surface area contributed by atoms with E-state index in [1.165, 1.54) is 12.1 Å². The number of halogens is 2. The molecule has 1 saturated heterocycles. The lowest BCUT2D eigenvalue weighted by Gasteiger charge is -2.30. The molecule has 0 atom stereocenters. The van der Waals surface area contributed by atoms with Gasteiger partial charge in [0.05, 0.1) is 17.5 Å². The number of aromatic nitrogens is 4. The van der Waals surface area contributed by atoms with Crippen LogP contribution < -0.4 is 0 Å². The summed E-state index contributed by atoms with van der Waals surface area (Å²) in [6.45, 7) is 11.0. The van der Waals surface area contributed by atoms with E-state index in [0.717, 1.165) is 22.9 Å². The fourth-order valence-corrected chi connectivity index (χ4v) is 4.25. The molecular formula is C25H27ClFN5O2. The van der Waals surface area contributed by atoms with Gasteiger partial charge in [-0.1, -0.05) is 29.4 Å². The third-order valence-corrected chi connectivity index (χ3v) is 6.26. The molecule has 7 nitrogen and oxygen atoms in total. The summed E-state index contributed by atoms with van der Waals surface area (Å²) in [6, 6.07) is 4.31. The second-order valence-corrected chi connectivity index (χ2v) is 9.14. The van der Waals surface area contributed by atoms with Gasteiger partial charge in [-0.3, -0.25) is 9.48 Å². The monoisotopic (exact) mass is 483 g/mol. The Labute approximate surface area is 202 Å². The number of hydrogen-bond donors (Lipinski definition) is 0. The van der Waals surface area contributed by atoms with Crippen LogP contribution in [-0.2, 0) is 0 Å². The van der Waals surface area contributed by atoms with Crippen LogP contribution in [0.4, 0.5) is 4.39 Å². The molecule has 0 spiro atoms. The van der Waals surface area contributed by atoms with Crippen molar-refractivity contribution in [2.24, 2.45) is 0 Å². The lowest BCUT2D eigenvalue weighted by atomic mass is 9.96.